The van der Waals surface area contributed by atoms with Crippen LogP contribution in [0.3, 0.4) is 0 Å². The van der Waals surface area contributed by atoms with Crippen molar-refractivity contribution in [3.05, 3.63) is 59.7 Å². The minimum Gasteiger partial charge on any atom is -0.493 e. The predicted molar refractivity (Wildman–Crippen MR) is 125 cm³/mol. The van der Waals surface area contributed by atoms with Crippen molar-refractivity contribution in [1.29, 1.82) is 0 Å². The molecule has 7 nitrogen and oxygen atoms in total. The summed E-state index contributed by atoms with van der Waals surface area (Å²) in [6, 6.07) is 13.6. The van der Waals surface area contributed by atoms with Gasteiger partial charge in [-0.25, -0.2) is 8.42 Å². The lowest BCUT2D eigenvalue weighted by atomic mass is 9.98. The molecule has 3 rings (SSSR count). The molecule has 0 saturated heterocycles. The number of carbonyl (C=O) groups is 1. The Labute approximate surface area is 190 Å². The third-order valence-corrected chi connectivity index (χ3v) is 6.75. The number of nitrogens with zero attached hydrogens (tertiary/aromatic N) is 1. The van der Waals surface area contributed by atoms with Gasteiger partial charge in [0.15, 0.2) is 0 Å². The van der Waals surface area contributed by atoms with Gasteiger partial charge in [0.1, 0.15) is 17.6 Å². The normalized spacial score (nSPS) is 17.5. The fourth-order valence-electron chi connectivity index (χ4n) is 3.30. The number of nitrogens with one attached hydrogen (secondary N) is 2. The molecule has 8 heteroatoms. The summed E-state index contributed by atoms with van der Waals surface area (Å²) in [6.45, 7) is 9.10. The molecule has 2 atom stereocenters. The van der Waals surface area contributed by atoms with Gasteiger partial charge < -0.3 is 10.1 Å². The Morgan fingerprint density at radius 3 is 2.44 bits per heavy atom. The number of benzene rings is 2. The highest BCUT2D eigenvalue weighted by Crippen LogP contribution is 2.24. The summed E-state index contributed by atoms with van der Waals surface area (Å²) >= 11 is 0. The lowest BCUT2D eigenvalue weighted by molar-refractivity contribution is -0.123. The van der Waals surface area contributed by atoms with Gasteiger partial charge in [0.25, 0.3) is 10.0 Å². The summed E-state index contributed by atoms with van der Waals surface area (Å²) in [7, 11) is -3.65. The Bertz CT molecular complexity index is 1080. The molecule has 0 unspecified atom stereocenters. The van der Waals surface area contributed by atoms with Crippen LogP contribution in [-0.4, -0.2) is 32.8 Å². The molecule has 0 spiro atoms. The van der Waals surface area contributed by atoms with Crippen LogP contribution in [0, 0.1) is 11.8 Å². The fraction of sp³-hybridized carbons (Fsp3) is 0.417. The van der Waals surface area contributed by atoms with E-state index in [1.165, 1.54) is 6.07 Å². The van der Waals surface area contributed by atoms with Crippen LogP contribution in [0.25, 0.3) is 0 Å². The molecule has 172 valence electrons. The van der Waals surface area contributed by atoms with E-state index >= 15 is 0 Å². The van der Waals surface area contributed by atoms with Gasteiger partial charge in [0, 0.05) is 12.1 Å². The maximum atomic E-state index is 13.0. The number of aliphatic imine (C=N–C) groups is 1. The number of hydrogen-bond donors (Lipinski definition) is 2. The lowest BCUT2D eigenvalue weighted by Crippen LogP contribution is -2.38. The number of carbonyl (C=O) groups excluding carboxylic acids is 1. The smallest absolute Gasteiger partial charge is 0.263 e. The monoisotopic (exact) mass is 457 g/mol. The second kappa shape index (κ2) is 10.2. The van der Waals surface area contributed by atoms with Crippen molar-refractivity contribution in [3.63, 3.8) is 0 Å². The van der Waals surface area contributed by atoms with Gasteiger partial charge >= 0.3 is 0 Å². The predicted octanol–water partition coefficient (Wildman–Crippen LogP) is 3.49. The molecular weight excluding hydrogens is 426 g/mol. The molecule has 2 aromatic carbocycles. The zero-order valence-electron chi connectivity index (χ0n) is 19.0. The van der Waals surface area contributed by atoms with Crippen LogP contribution < -0.4 is 14.8 Å². The van der Waals surface area contributed by atoms with Crippen molar-refractivity contribution in [2.45, 2.75) is 51.6 Å². The molecule has 0 saturated carbocycles. The number of amides is 1. The maximum absolute atomic E-state index is 13.0. The van der Waals surface area contributed by atoms with Crippen LogP contribution in [0.2, 0.25) is 0 Å². The number of ether oxygens (including phenoxy) is 1. The van der Waals surface area contributed by atoms with Crippen molar-refractivity contribution in [1.82, 2.24) is 10.0 Å². The topological polar surface area (TPSA) is 96.9 Å². The van der Waals surface area contributed by atoms with Crippen LogP contribution in [0.1, 0.15) is 45.2 Å². The molecule has 1 amide bonds. The van der Waals surface area contributed by atoms with Gasteiger partial charge in [-0.1, -0.05) is 58.4 Å². The highest BCUT2D eigenvalue weighted by molar-refractivity contribution is 7.90. The van der Waals surface area contributed by atoms with E-state index in [-0.39, 0.29) is 22.6 Å². The van der Waals surface area contributed by atoms with Gasteiger partial charge in [-0.15, -0.1) is 0 Å². The molecule has 0 aromatic heterocycles. The Balaban J connectivity index is 1.72. The van der Waals surface area contributed by atoms with E-state index in [2.05, 4.69) is 28.9 Å². The Morgan fingerprint density at radius 2 is 1.78 bits per heavy atom. The van der Waals surface area contributed by atoms with Crippen LogP contribution in [0.5, 0.6) is 5.75 Å². The van der Waals surface area contributed by atoms with E-state index in [4.69, 9.17) is 4.74 Å². The Kier molecular flexibility index (Phi) is 7.56. The number of hydrogen-bond acceptors (Lipinski definition) is 5. The van der Waals surface area contributed by atoms with Crippen LogP contribution in [0.15, 0.2) is 58.4 Å². The average molecular weight is 458 g/mol. The molecule has 0 radical (unpaired) electrons. The molecule has 2 aromatic rings. The maximum Gasteiger partial charge on any atom is 0.263 e. The molecule has 0 fully saturated rings. The van der Waals surface area contributed by atoms with Crippen LogP contribution >= 0.6 is 0 Å². The zero-order chi connectivity index (χ0) is 23.3. The van der Waals surface area contributed by atoms with E-state index in [9.17, 15) is 13.2 Å². The van der Waals surface area contributed by atoms with Gasteiger partial charge in [0.2, 0.25) is 5.91 Å². The van der Waals surface area contributed by atoms with Gasteiger partial charge in [-0.2, -0.15) is 0 Å². The lowest BCUT2D eigenvalue weighted by Gasteiger charge is -2.19. The molecule has 1 aliphatic heterocycles. The van der Waals surface area contributed by atoms with Crippen molar-refractivity contribution in [3.8, 4) is 5.75 Å². The highest BCUT2D eigenvalue weighted by Gasteiger charge is 2.33. The standard InChI is InChI=1S/C24H31N3O4S/c1-5-17(4)22(26-23-20-8-6-7-9-21(20)32(29,30)27-23)24(28)25-14-18-10-12-19(13-11-18)31-15-16(2)3/h6-13,16-17,22H,5,14-15H2,1-4H3,(H,25,28)(H,26,27)/t17-,22-/m0/s1. The van der Waals surface area contributed by atoms with E-state index in [0.29, 0.717) is 24.6 Å². The fourth-order valence-corrected chi connectivity index (χ4v) is 4.54. The minimum absolute atomic E-state index is 0.0634. The van der Waals surface area contributed by atoms with Crippen molar-refractivity contribution in [2.75, 3.05) is 6.61 Å². The quantitative estimate of drug-likeness (QED) is 0.602. The van der Waals surface area contributed by atoms with Crippen LogP contribution in [0.4, 0.5) is 0 Å². The van der Waals surface area contributed by atoms with Crippen molar-refractivity contribution in [2.24, 2.45) is 16.8 Å². The first-order valence-corrected chi connectivity index (χ1v) is 12.4. The highest BCUT2D eigenvalue weighted by atomic mass is 32.2. The molecule has 2 N–H and O–H groups in total. The Morgan fingerprint density at radius 1 is 1.09 bits per heavy atom. The second-order valence-corrected chi connectivity index (χ2v) is 10.1. The summed E-state index contributed by atoms with van der Waals surface area (Å²) in [5.41, 5.74) is 1.43. The summed E-state index contributed by atoms with van der Waals surface area (Å²) < 4.78 is 32.9. The summed E-state index contributed by atoms with van der Waals surface area (Å²) in [5.74, 6) is 1.16. The molecule has 1 heterocycles. The minimum atomic E-state index is -3.65. The SMILES string of the molecule is CC[C@H](C)[C@H](N=C1NS(=O)(=O)c2ccccc21)C(=O)NCc1ccc(OCC(C)C)cc1. The molecular formula is C24H31N3O4S. The van der Waals surface area contributed by atoms with Gasteiger partial charge in [-0.05, 0) is 41.7 Å². The van der Waals surface area contributed by atoms with E-state index in [0.717, 1.165) is 17.7 Å². The molecule has 0 bridgehead atoms. The molecule has 32 heavy (non-hydrogen) atoms. The number of fused-ring (bicyclic) bond motifs is 1. The largest absolute Gasteiger partial charge is 0.493 e. The Hall–Kier alpha value is -2.87. The third kappa shape index (κ3) is 5.68. The van der Waals surface area contributed by atoms with Crippen molar-refractivity contribution >= 4 is 21.8 Å². The first-order valence-electron chi connectivity index (χ1n) is 10.9. The average Bonchev–Trinajstić information content (AvgIpc) is 3.04. The van der Waals surface area contributed by atoms with Crippen molar-refractivity contribution < 1.29 is 17.9 Å². The van der Waals surface area contributed by atoms with Crippen LogP contribution in [-0.2, 0) is 21.4 Å². The zero-order valence-corrected chi connectivity index (χ0v) is 19.8. The van der Waals surface area contributed by atoms with Gasteiger partial charge in [0.05, 0.1) is 11.5 Å². The van der Waals surface area contributed by atoms with E-state index in [1.54, 1.807) is 18.2 Å². The summed E-state index contributed by atoms with van der Waals surface area (Å²) in [5, 5.41) is 2.94. The summed E-state index contributed by atoms with van der Waals surface area (Å²) in [4.78, 5) is 17.7. The number of amidine groups is 1. The summed E-state index contributed by atoms with van der Waals surface area (Å²) in [6.07, 6.45) is 0.727. The van der Waals surface area contributed by atoms with E-state index in [1.807, 2.05) is 38.1 Å². The molecule has 1 aliphatic rings. The molecule has 0 aliphatic carbocycles. The number of rotatable bonds is 9. The third-order valence-electron chi connectivity index (χ3n) is 5.36. The second-order valence-electron chi connectivity index (χ2n) is 8.48. The first kappa shape index (κ1) is 23.8. The van der Waals surface area contributed by atoms with Gasteiger partial charge in [-0.3, -0.25) is 14.5 Å². The number of sulfonamides is 1. The van der Waals surface area contributed by atoms with E-state index < -0.39 is 16.1 Å². The first-order chi connectivity index (χ1) is 15.2.